The van der Waals surface area contributed by atoms with Gasteiger partial charge in [0.2, 0.25) is 0 Å². The number of likely N-dealkylation sites (N-methyl/N-ethyl adjacent to an activating group) is 1. The maximum Gasteiger partial charge on any atom is 0.317 e. The second kappa shape index (κ2) is 9.23. The molecule has 0 spiro atoms. The maximum atomic E-state index is 14.3. The Morgan fingerprint density at radius 1 is 1.29 bits per heavy atom. The molecular weight excluding hydrogens is 363 g/mol. The minimum Gasteiger partial charge on any atom is -0.480 e. The van der Waals surface area contributed by atoms with Crippen LogP contribution in [0.1, 0.15) is 38.2 Å². The van der Waals surface area contributed by atoms with Crippen molar-refractivity contribution in [1.82, 2.24) is 15.5 Å². The van der Waals surface area contributed by atoms with E-state index in [9.17, 15) is 14.0 Å². The number of carboxylic acids is 1. The monoisotopic (exact) mass is 392 g/mol. The summed E-state index contributed by atoms with van der Waals surface area (Å²) in [6, 6.07) is 4.91. The van der Waals surface area contributed by atoms with Gasteiger partial charge in [0.05, 0.1) is 6.54 Å². The van der Waals surface area contributed by atoms with E-state index >= 15 is 0 Å². The van der Waals surface area contributed by atoms with E-state index in [1.54, 1.807) is 6.07 Å². The second-order valence-corrected chi connectivity index (χ2v) is 7.54. The van der Waals surface area contributed by atoms with Crippen LogP contribution in [0.25, 0.3) is 0 Å². The van der Waals surface area contributed by atoms with Crippen molar-refractivity contribution in [2.24, 2.45) is 0 Å². The van der Waals surface area contributed by atoms with Gasteiger partial charge in [0.1, 0.15) is 5.82 Å². The van der Waals surface area contributed by atoms with Crippen LogP contribution >= 0.6 is 0 Å². The van der Waals surface area contributed by atoms with Crippen LogP contribution in [0.4, 0.5) is 14.9 Å². The van der Waals surface area contributed by atoms with Gasteiger partial charge in [-0.05, 0) is 44.4 Å². The number of carbonyl (C=O) groups is 2. The van der Waals surface area contributed by atoms with E-state index in [0.717, 1.165) is 44.5 Å². The lowest BCUT2D eigenvalue weighted by atomic mass is 9.85. The Balaban J connectivity index is 1.48. The van der Waals surface area contributed by atoms with Crippen LogP contribution in [0, 0.1) is 5.82 Å². The van der Waals surface area contributed by atoms with Crippen molar-refractivity contribution in [2.75, 3.05) is 31.1 Å². The summed E-state index contributed by atoms with van der Waals surface area (Å²) in [7, 11) is 0. The topological polar surface area (TPSA) is 84.9 Å². The van der Waals surface area contributed by atoms with Crippen molar-refractivity contribution in [1.29, 1.82) is 0 Å². The van der Waals surface area contributed by atoms with Gasteiger partial charge in [-0.2, -0.15) is 0 Å². The number of amides is 2. The Bertz CT molecular complexity index is 703. The summed E-state index contributed by atoms with van der Waals surface area (Å²) in [5.74, 6) is -1.14. The minimum atomic E-state index is -0.838. The summed E-state index contributed by atoms with van der Waals surface area (Å²) in [6.45, 7) is 4.59. The number of halogens is 1. The largest absolute Gasteiger partial charge is 0.480 e. The molecule has 1 aromatic carbocycles. The highest BCUT2D eigenvalue weighted by Crippen LogP contribution is 2.27. The Morgan fingerprint density at radius 3 is 2.64 bits per heavy atom. The molecule has 1 aliphatic carbocycles. The predicted octanol–water partition coefficient (Wildman–Crippen LogP) is 2.16. The van der Waals surface area contributed by atoms with Crippen molar-refractivity contribution in [2.45, 2.75) is 51.2 Å². The number of benzene rings is 1. The van der Waals surface area contributed by atoms with Gasteiger partial charge in [0.25, 0.3) is 0 Å². The molecule has 1 saturated heterocycles. The summed E-state index contributed by atoms with van der Waals surface area (Å²) < 4.78 is 14.3. The van der Waals surface area contributed by atoms with Crippen molar-refractivity contribution in [3.63, 3.8) is 0 Å². The average molecular weight is 392 g/mol. The number of rotatable bonds is 8. The van der Waals surface area contributed by atoms with Crippen molar-refractivity contribution in [3.05, 3.63) is 29.6 Å². The standard InChI is InChI=1S/C20H29FN4O3/c1-2-24(13-19(26)27)15-10-14(11-15)23-20(28)22-12-16-17(21)6-5-7-18(16)25-8-3-4-9-25/h5-7,14-15H,2-4,8-13H2,1H3,(H,26,27)(H2,22,23,28). The quantitative estimate of drug-likeness (QED) is 0.631. The third kappa shape index (κ3) is 4.92. The molecule has 0 bridgehead atoms. The number of carbonyl (C=O) groups excluding carboxylic acids is 1. The molecule has 1 saturated carbocycles. The van der Waals surface area contributed by atoms with Crippen molar-refractivity contribution in [3.8, 4) is 0 Å². The molecule has 1 aromatic rings. The van der Waals surface area contributed by atoms with Crippen LogP contribution in [0.2, 0.25) is 0 Å². The van der Waals surface area contributed by atoms with E-state index in [1.165, 1.54) is 6.07 Å². The first-order valence-corrected chi connectivity index (χ1v) is 10.0. The molecule has 3 N–H and O–H groups in total. The number of urea groups is 1. The number of hydrogen-bond donors (Lipinski definition) is 3. The number of aliphatic carboxylic acids is 1. The highest BCUT2D eigenvalue weighted by Gasteiger charge is 2.34. The van der Waals surface area contributed by atoms with E-state index in [2.05, 4.69) is 15.5 Å². The number of nitrogens with zero attached hydrogens (tertiary/aromatic N) is 2. The molecule has 0 aromatic heterocycles. The number of nitrogens with one attached hydrogen (secondary N) is 2. The molecule has 3 rings (SSSR count). The van der Waals surface area contributed by atoms with Gasteiger partial charge in [0.15, 0.2) is 0 Å². The second-order valence-electron chi connectivity index (χ2n) is 7.54. The fourth-order valence-corrected chi connectivity index (χ4v) is 4.06. The van der Waals surface area contributed by atoms with Gasteiger partial charge in [-0.15, -0.1) is 0 Å². The zero-order valence-corrected chi connectivity index (χ0v) is 16.3. The highest BCUT2D eigenvalue weighted by atomic mass is 19.1. The molecule has 154 valence electrons. The summed E-state index contributed by atoms with van der Waals surface area (Å²) in [5.41, 5.74) is 1.37. The normalized spacial score (nSPS) is 21.5. The molecule has 2 aliphatic rings. The summed E-state index contributed by atoms with van der Waals surface area (Å²) in [6.07, 6.45) is 3.66. The number of hydrogen-bond acceptors (Lipinski definition) is 4. The molecule has 8 heteroatoms. The molecule has 1 heterocycles. The van der Waals surface area contributed by atoms with E-state index in [4.69, 9.17) is 5.11 Å². The lowest BCUT2D eigenvalue weighted by molar-refractivity contribution is -0.139. The lowest BCUT2D eigenvalue weighted by Gasteiger charge is -2.42. The van der Waals surface area contributed by atoms with Gasteiger partial charge in [-0.1, -0.05) is 13.0 Å². The Hall–Kier alpha value is -2.35. The Kier molecular flexibility index (Phi) is 6.72. The smallest absolute Gasteiger partial charge is 0.317 e. The molecule has 28 heavy (non-hydrogen) atoms. The van der Waals surface area contributed by atoms with Crippen LogP contribution in [0.15, 0.2) is 18.2 Å². The first-order valence-electron chi connectivity index (χ1n) is 10.0. The third-order valence-corrected chi connectivity index (χ3v) is 5.68. The van der Waals surface area contributed by atoms with Crippen molar-refractivity contribution >= 4 is 17.7 Å². The van der Waals surface area contributed by atoms with E-state index < -0.39 is 5.97 Å². The van der Waals surface area contributed by atoms with Crippen LogP contribution in [0.3, 0.4) is 0 Å². The summed E-state index contributed by atoms with van der Waals surface area (Å²) >= 11 is 0. The Labute approximate surface area is 164 Å². The molecule has 7 nitrogen and oxygen atoms in total. The summed E-state index contributed by atoms with van der Waals surface area (Å²) in [4.78, 5) is 27.2. The molecule has 0 atom stereocenters. The summed E-state index contributed by atoms with van der Waals surface area (Å²) in [5, 5.41) is 14.6. The Morgan fingerprint density at radius 2 is 2.00 bits per heavy atom. The zero-order chi connectivity index (χ0) is 20.1. The van der Waals surface area contributed by atoms with Gasteiger partial charge < -0.3 is 20.6 Å². The highest BCUT2D eigenvalue weighted by molar-refractivity contribution is 5.74. The van der Waals surface area contributed by atoms with Crippen LogP contribution in [-0.2, 0) is 11.3 Å². The van der Waals surface area contributed by atoms with E-state index in [-0.39, 0.29) is 37.0 Å². The van der Waals surface area contributed by atoms with Gasteiger partial charge in [-0.3, -0.25) is 9.69 Å². The zero-order valence-electron chi connectivity index (χ0n) is 16.3. The van der Waals surface area contributed by atoms with Gasteiger partial charge in [0, 0.05) is 43.0 Å². The SMILES string of the molecule is CCN(CC(=O)O)C1CC(NC(=O)NCc2c(F)cccc2N2CCCC2)C1. The first-order chi connectivity index (χ1) is 13.5. The lowest BCUT2D eigenvalue weighted by Crippen LogP contribution is -2.56. The fraction of sp³-hybridized carbons (Fsp3) is 0.600. The number of carboxylic acid groups (broad SMARTS) is 1. The van der Waals surface area contributed by atoms with Gasteiger partial charge in [-0.25, -0.2) is 9.18 Å². The van der Waals surface area contributed by atoms with E-state index in [0.29, 0.717) is 12.1 Å². The minimum absolute atomic E-state index is 0.0199. The predicted molar refractivity (Wildman–Crippen MR) is 105 cm³/mol. The molecular formula is C20H29FN4O3. The van der Waals surface area contributed by atoms with Crippen LogP contribution < -0.4 is 15.5 Å². The molecule has 0 radical (unpaired) electrons. The number of anilines is 1. The average Bonchev–Trinajstić information content (AvgIpc) is 3.15. The molecule has 2 fully saturated rings. The first kappa shape index (κ1) is 20.4. The fourth-order valence-electron chi connectivity index (χ4n) is 4.06. The third-order valence-electron chi connectivity index (χ3n) is 5.68. The maximum absolute atomic E-state index is 14.3. The van der Waals surface area contributed by atoms with Gasteiger partial charge >= 0.3 is 12.0 Å². The van der Waals surface area contributed by atoms with Crippen LogP contribution in [-0.4, -0.2) is 60.3 Å². The molecule has 2 amide bonds. The van der Waals surface area contributed by atoms with Crippen LogP contribution in [0.5, 0.6) is 0 Å². The molecule has 0 unspecified atom stereocenters. The van der Waals surface area contributed by atoms with E-state index in [1.807, 2.05) is 17.9 Å². The van der Waals surface area contributed by atoms with Crippen molar-refractivity contribution < 1.29 is 19.1 Å². The molecule has 1 aliphatic heterocycles.